The number of carbonyl (C=O) groups excluding carboxylic acids is 2. The van der Waals surface area contributed by atoms with Gasteiger partial charge in [0, 0.05) is 25.4 Å². The topological polar surface area (TPSA) is 67.9 Å². The second-order valence-electron chi connectivity index (χ2n) is 5.25. The van der Waals surface area contributed by atoms with E-state index in [0.717, 1.165) is 12.0 Å². The Morgan fingerprint density at radius 3 is 2.68 bits per heavy atom. The molecule has 6 nitrogen and oxygen atoms in total. The maximum atomic E-state index is 12.0. The number of amides is 3. The number of likely N-dealkylation sites (tertiary alicyclic amines) is 1. The smallest absolute Gasteiger partial charge is 0.324 e. The standard InChI is InChI=1S/C16H22N2O4/c1-4-7-17-16(20)18-10-12(9-15(18)19)11-5-6-13(21-2)14(8-11)22-3/h5-6,8,12H,4,7,9-10H2,1-3H3,(H,17,20). The quantitative estimate of drug-likeness (QED) is 0.905. The Morgan fingerprint density at radius 2 is 2.05 bits per heavy atom. The maximum Gasteiger partial charge on any atom is 0.324 e. The van der Waals surface area contributed by atoms with Crippen LogP contribution in [0.2, 0.25) is 0 Å². The van der Waals surface area contributed by atoms with Crippen molar-refractivity contribution in [3.8, 4) is 11.5 Å². The van der Waals surface area contributed by atoms with Gasteiger partial charge in [0.2, 0.25) is 5.91 Å². The molecular formula is C16H22N2O4. The summed E-state index contributed by atoms with van der Waals surface area (Å²) in [5.41, 5.74) is 0.969. The van der Waals surface area contributed by atoms with Crippen molar-refractivity contribution in [2.24, 2.45) is 0 Å². The second kappa shape index (κ2) is 7.15. The summed E-state index contributed by atoms with van der Waals surface area (Å²) in [6.07, 6.45) is 1.17. The molecule has 0 saturated carbocycles. The first-order valence-electron chi connectivity index (χ1n) is 7.40. The minimum absolute atomic E-state index is 0.0142. The molecular weight excluding hydrogens is 284 g/mol. The molecule has 1 aromatic rings. The van der Waals surface area contributed by atoms with Gasteiger partial charge in [-0.05, 0) is 24.1 Å². The van der Waals surface area contributed by atoms with E-state index in [9.17, 15) is 9.59 Å². The van der Waals surface area contributed by atoms with E-state index in [-0.39, 0.29) is 17.9 Å². The number of hydrogen-bond acceptors (Lipinski definition) is 4. The number of benzene rings is 1. The number of nitrogens with zero attached hydrogens (tertiary/aromatic N) is 1. The third-order valence-corrected chi connectivity index (χ3v) is 3.78. The van der Waals surface area contributed by atoms with E-state index in [2.05, 4.69) is 5.32 Å². The summed E-state index contributed by atoms with van der Waals surface area (Å²) >= 11 is 0. The molecule has 1 fully saturated rings. The Hall–Kier alpha value is -2.24. The van der Waals surface area contributed by atoms with E-state index in [1.807, 2.05) is 25.1 Å². The number of imide groups is 1. The van der Waals surface area contributed by atoms with Gasteiger partial charge in [0.05, 0.1) is 14.2 Å². The number of hydrogen-bond donors (Lipinski definition) is 1. The van der Waals surface area contributed by atoms with Crippen molar-refractivity contribution >= 4 is 11.9 Å². The van der Waals surface area contributed by atoms with Crippen LogP contribution in [0.1, 0.15) is 31.2 Å². The number of carbonyl (C=O) groups is 2. The molecule has 1 unspecified atom stereocenters. The second-order valence-corrected chi connectivity index (χ2v) is 5.25. The van der Waals surface area contributed by atoms with Crippen molar-refractivity contribution in [1.29, 1.82) is 0 Å². The van der Waals surface area contributed by atoms with Crippen LogP contribution in [0.3, 0.4) is 0 Å². The molecule has 0 aromatic heterocycles. The van der Waals surface area contributed by atoms with Crippen LogP contribution in [-0.4, -0.2) is 44.1 Å². The van der Waals surface area contributed by atoms with Crippen LogP contribution < -0.4 is 14.8 Å². The van der Waals surface area contributed by atoms with E-state index in [1.165, 1.54) is 4.90 Å². The molecule has 0 bridgehead atoms. The normalized spacial score (nSPS) is 17.5. The predicted octanol–water partition coefficient (Wildman–Crippen LogP) is 2.14. The van der Waals surface area contributed by atoms with Gasteiger partial charge < -0.3 is 14.8 Å². The van der Waals surface area contributed by atoms with Crippen LogP contribution >= 0.6 is 0 Å². The minimum atomic E-state index is -0.310. The fourth-order valence-electron chi connectivity index (χ4n) is 2.56. The third kappa shape index (κ3) is 3.32. The molecule has 3 amide bonds. The van der Waals surface area contributed by atoms with Gasteiger partial charge in [-0.25, -0.2) is 4.79 Å². The van der Waals surface area contributed by atoms with Gasteiger partial charge in [-0.3, -0.25) is 9.69 Å². The summed E-state index contributed by atoms with van der Waals surface area (Å²) in [4.78, 5) is 25.3. The summed E-state index contributed by atoms with van der Waals surface area (Å²) in [6, 6.07) is 5.28. The summed E-state index contributed by atoms with van der Waals surface area (Å²) in [5, 5.41) is 2.74. The third-order valence-electron chi connectivity index (χ3n) is 3.78. The molecule has 22 heavy (non-hydrogen) atoms. The van der Waals surface area contributed by atoms with E-state index < -0.39 is 0 Å². The van der Waals surface area contributed by atoms with Gasteiger partial charge >= 0.3 is 6.03 Å². The Kier molecular flexibility index (Phi) is 5.25. The number of rotatable bonds is 5. The lowest BCUT2D eigenvalue weighted by atomic mass is 9.98. The highest BCUT2D eigenvalue weighted by Gasteiger charge is 2.34. The molecule has 1 aliphatic rings. The number of nitrogens with one attached hydrogen (secondary N) is 1. The van der Waals surface area contributed by atoms with Crippen molar-refractivity contribution in [1.82, 2.24) is 10.2 Å². The lowest BCUT2D eigenvalue weighted by molar-refractivity contribution is -0.125. The zero-order chi connectivity index (χ0) is 16.1. The van der Waals surface area contributed by atoms with Gasteiger partial charge in [0.25, 0.3) is 0 Å². The van der Waals surface area contributed by atoms with Crippen molar-refractivity contribution in [3.05, 3.63) is 23.8 Å². The lowest BCUT2D eigenvalue weighted by Gasteiger charge is -2.16. The van der Waals surface area contributed by atoms with Crippen LogP contribution in [0.4, 0.5) is 4.79 Å². The van der Waals surface area contributed by atoms with E-state index in [0.29, 0.717) is 31.0 Å². The van der Waals surface area contributed by atoms with E-state index in [4.69, 9.17) is 9.47 Å². The van der Waals surface area contributed by atoms with Crippen LogP contribution in [0.25, 0.3) is 0 Å². The molecule has 1 N–H and O–H groups in total. The first-order valence-corrected chi connectivity index (χ1v) is 7.40. The maximum absolute atomic E-state index is 12.0. The summed E-state index contributed by atoms with van der Waals surface area (Å²) in [6.45, 7) is 2.94. The van der Waals surface area contributed by atoms with Crippen molar-refractivity contribution in [2.45, 2.75) is 25.7 Å². The van der Waals surface area contributed by atoms with Crippen LogP contribution in [0.15, 0.2) is 18.2 Å². The summed E-state index contributed by atoms with van der Waals surface area (Å²) in [5.74, 6) is 1.11. The fourth-order valence-corrected chi connectivity index (χ4v) is 2.56. The molecule has 1 saturated heterocycles. The van der Waals surface area contributed by atoms with Crippen molar-refractivity contribution in [3.63, 3.8) is 0 Å². The number of methoxy groups -OCH3 is 2. The summed E-state index contributed by atoms with van der Waals surface area (Å²) < 4.78 is 10.5. The first kappa shape index (κ1) is 16.1. The van der Waals surface area contributed by atoms with Crippen LogP contribution in [0.5, 0.6) is 11.5 Å². The van der Waals surface area contributed by atoms with Crippen LogP contribution in [0, 0.1) is 0 Å². The minimum Gasteiger partial charge on any atom is -0.493 e. The average molecular weight is 306 g/mol. The fraction of sp³-hybridized carbons (Fsp3) is 0.500. The Balaban J connectivity index is 2.11. The zero-order valence-electron chi connectivity index (χ0n) is 13.2. The van der Waals surface area contributed by atoms with Gasteiger partial charge in [-0.1, -0.05) is 13.0 Å². The molecule has 0 spiro atoms. The van der Waals surface area contributed by atoms with Crippen molar-refractivity contribution < 1.29 is 19.1 Å². The van der Waals surface area contributed by atoms with Gasteiger partial charge in [0.15, 0.2) is 11.5 Å². The monoisotopic (exact) mass is 306 g/mol. The molecule has 1 heterocycles. The van der Waals surface area contributed by atoms with E-state index >= 15 is 0 Å². The SMILES string of the molecule is CCCNC(=O)N1CC(c2ccc(OC)c(OC)c2)CC1=O. The Labute approximate surface area is 130 Å². The molecule has 2 rings (SSSR count). The highest BCUT2D eigenvalue weighted by Crippen LogP contribution is 2.34. The molecule has 0 aliphatic carbocycles. The van der Waals surface area contributed by atoms with E-state index in [1.54, 1.807) is 14.2 Å². The lowest BCUT2D eigenvalue weighted by Crippen LogP contribution is -2.41. The van der Waals surface area contributed by atoms with Gasteiger partial charge in [-0.2, -0.15) is 0 Å². The molecule has 1 aliphatic heterocycles. The van der Waals surface area contributed by atoms with Crippen molar-refractivity contribution in [2.75, 3.05) is 27.3 Å². The number of ether oxygens (including phenoxy) is 2. The molecule has 6 heteroatoms. The summed E-state index contributed by atoms with van der Waals surface area (Å²) in [7, 11) is 3.16. The first-order chi connectivity index (χ1) is 10.6. The van der Waals surface area contributed by atoms with Gasteiger partial charge in [0.1, 0.15) is 0 Å². The average Bonchev–Trinajstić information content (AvgIpc) is 2.93. The zero-order valence-corrected chi connectivity index (χ0v) is 13.2. The van der Waals surface area contributed by atoms with Crippen LogP contribution in [-0.2, 0) is 4.79 Å². The Bertz CT molecular complexity index is 559. The highest BCUT2D eigenvalue weighted by molar-refractivity contribution is 5.96. The predicted molar refractivity (Wildman–Crippen MR) is 82.3 cm³/mol. The molecule has 0 radical (unpaired) electrons. The molecule has 1 atom stereocenters. The number of urea groups is 1. The highest BCUT2D eigenvalue weighted by atomic mass is 16.5. The largest absolute Gasteiger partial charge is 0.493 e. The molecule has 120 valence electrons. The Morgan fingerprint density at radius 1 is 1.32 bits per heavy atom. The molecule has 1 aromatic carbocycles. The van der Waals surface area contributed by atoms with Gasteiger partial charge in [-0.15, -0.1) is 0 Å².